The minimum Gasteiger partial charge on any atom is -0.481 e. The summed E-state index contributed by atoms with van der Waals surface area (Å²) in [5.74, 6) is -0.472. The van der Waals surface area contributed by atoms with E-state index in [4.69, 9.17) is 13.9 Å². The first-order chi connectivity index (χ1) is 14.4. The normalized spacial score (nSPS) is 10.5. The Morgan fingerprint density at radius 1 is 1.20 bits per heavy atom. The topological polar surface area (TPSA) is 94.8 Å². The lowest BCUT2D eigenvalue weighted by molar-refractivity contribution is -0.136. The molecule has 0 spiro atoms. The summed E-state index contributed by atoms with van der Waals surface area (Å²) in [6.07, 6.45) is 1.50. The first-order valence-corrected chi connectivity index (χ1v) is 9.73. The first-order valence-electron chi connectivity index (χ1n) is 8.94. The van der Waals surface area contributed by atoms with Gasteiger partial charge >= 0.3 is 11.6 Å². The molecule has 0 fully saturated rings. The number of amides is 1. The average Bonchev–Trinajstić information content (AvgIpc) is 2.70. The number of hydrogen-bond donors (Lipinski definition) is 1. The fraction of sp³-hybridized carbons (Fsp3) is 0.136. The molecule has 0 aliphatic heterocycles. The second-order valence-corrected chi connectivity index (χ2v) is 7.20. The number of aryl methyl sites for hydroxylation is 1. The van der Waals surface area contributed by atoms with Gasteiger partial charge in [-0.15, -0.1) is 6.58 Å². The van der Waals surface area contributed by atoms with E-state index >= 15 is 0 Å². The predicted octanol–water partition coefficient (Wildman–Crippen LogP) is 3.76. The molecule has 0 unspecified atom stereocenters. The SMILES string of the molecule is C=CCNC(=O)c1cc2ccc(OC(=O)COc3ccc(C)cc3Br)cc2oc1=O. The number of rotatable bonds is 7. The summed E-state index contributed by atoms with van der Waals surface area (Å²) in [5, 5.41) is 3.03. The monoisotopic (exact) mass is 471 g/mol. The highest BCUT2D eigenvalue weighted by atomic mass is 79.9. The van der Waals surface area contributed by atoms with Crippen molar-refractivity contribution in [1.82, 2.24) is 5.32 Å². The predicted molar refractivity (Wildman–Crippen MR) is 115 cm³/mol. The lowest BCUT2D eigenvalue weighted by Crippen LogP contribution is -2.28. The molecule has 1 aromatic heterocycles. The van der Waals surface area contributed by atoms with E-state index in [-0.39, 0.29) is 30.0 Å². The van der Waals surface area contributed by atoms with Crippen molar-refractivity contribution in [3.8, 4) is 11.5 Å². The van der Waals surface area contributed by atoms with Crippen LogP contribution in [0.3, 0.4) is 0 Å². The maximum atomic E-state index is 12.1. The summed E-state index contributed by atoms with van der Waals surface area (Å²) in [5.41, 5.74) is 0.329. The number of halogens is 1. The molecule has 154 valence electrons. The average molecular weight is 472 g/mol. The highest BCUT2D eigenvalue weighted by Crippen LogP contribution is 2.26. The molecule has 0 radical (unpaired) electrons. The van der Waals surface area contributed by atoms with Crippen LogP contribution in [0, 0.1) is 6.92 Å². The molecule has 0 saturated carbocycles. The van der Waals surface area contributed by atoms with Crippen molar-refractivity contribution in [3.05, 3.63) is 81.1 Å². The van der Waals surface area contributed by atoms with Crippen LogP contribution in [0.2, 0.25) is 0 Å². The van der Waals surface area contributed by atoms with Crippen LogP contribution in [0.25, 0.3) is 11.0 Å². The maximum Gasteiger partial charge on any atom is 0.349 e. The Morgan fingerprint density at radius 3 is 2.73 bits per heavy atom. The van der Waals surface area contributed by atoms with E-state index in [1.807, 2.05) is 19.1 Å². The van der Waals surface area contributed by atoms with Gasteiger partial charge < -0.3 is 19.2 Å². The van der Waals surface area contributed by atoms with Gasteiger partial charge in [-0.1, -0.05) is 12.1 Å². The molecule has 8 heteroatoms. The number of benzene rings is 2. The van der Waals surface area contributed by atoms with Gasteiger partial charge in [-0.3, -0.25) is 4.79 Å². The Hall–Kier alpha value is -3.39. The lowest BCUT2D eigenvalue weighted by Gasteiger charge is -2.09. The fourth-order valence-electron chi connectivity index (χ4n) is 2.59. The summed E-state index contributed by atoms with van der Waals surface area (Å²) in [6, 6.07) is 11.4. The Morgan fingerprint density at radius 2 is 2.00 bits per heavy atom. The minimum atomic E-state index is -0.792. The van der Waals surface area contributed by atoms with Crippen LogP contribution in [-0.2, 0) is 4.79 Å². The van der Waals surface area contributed by atoms with Crippen molar-refractivity contribution in [3.63, 3.8) is 0 Å². The number of esters is 1. The smallest absolute Gasteiger partial charge is 0.349 e. The Bertz CT molecular complexity index is 1180. The highest BCUT2D eigenvalue weighted by Gasteiger charge is 2.14. The second-order valence-electron chi connectivity index (χ2n) is 6.34. The summed E-state index contributed by atoms with van der Waals surface area (Å²) >= 11 is 3.38. The second kappa shape index (κ2) is 9.41. The molecule has 3 rings (SSSR count). The highest BCUT2D eigenvalue weighted by molar-refractivity contribution is 9.10. The van der Waals surface area contributed by atoms with E-state index < -0.39 is 17.5 Å². The molecular weight excluding hydrogens is 454 g/mol. The summed E-state index contributed by atoms with van der Waals surface area (Å²) < 4.78 is 16.6. The number of fused-ring (bicyclic) bond motifs is 1. The molecule has 0 aliphatic carbocycles. The fourth-order valence-corrected chi connectivity index (χ4v) is 3.20. The van der Waals surface area contributed by atoms with Crippen molar-refractivity contribution in [2.75, 3.05) is 13.2 Å². The van der Waals surface area contributed by atoms with Crippen LogP contribution in [0.4, 0.5) is 0 Å². The van der Waals surface area contributed by atoms with Crippen molar-refractivity contribution in [2.45, 2.75) is 6.92 Å². The zero-order valence-electron chi connectivity index (χ0n) is 16.1. The van der Waals surface area contributed by atoms with Gasteiger partial charge in [0.1, 0.15) is 22.6 Å². The molecule has 30 heavy (non-hydrogen) atoms. The summed E-state index contributed by atoms with van der Waals surface area (Å²) in [7, 11) is 0. The van der Waals surface area contributed by atoms with Gasteiger partial charge in [-0.25, -0.2) is 9.59 Å². The molecule has 0 aliphatic rings. The van der Waals surface area contributed by atoms with Gasteiger partial charge in [0.15, 0.2) is 6.61 Å². The third-order valence-electron chi connectivity index (χ3n) is 4.02. The third kappa shape index (κ3) is 5.15. The standard InChI is InChI=1S/C22H18BrNO6/c1-3-8-24-21(26)16-10-14-5-6-15(11-19(14)30-22(16)27)29-20(25)12-28-18-7-4-13(2)9-17(18)23/h3-7,9-11H,1,8,12H2,2H3,(H,24,26). The minimum absolute atomic E-state index is 0.119. The molecule has 1 heterocycles. The number of hydrogen-bond acceptors (Lipinski definition) is 6. The van der Waals surface area contributed by atoms with E-state index in [9.17, 15) is 14.4 Å². The van der Waals surface area contributed by atoms with E-state index in [0.29, 0.717) is 11.1 Å². The first kappa shape index (κ1) is 21.3. The van der Waals surface area contributed by atoms with Gasteiger partial charge in [0.25, 0.3) is 5.91 Å². The van der Waals surface area contributed by atoms with E-state index in [1.54, 1.807) is 12.1 Å². The van der Waals surface area contributed by atoms with Crippen LogP contribution < -0.4 is 20.4 Å². The van der Waals surface area contributed by atoms with Crippen molar-refractivity contribution in [2.24, 2.45) is 0 Å². The Labute approximate surface area is 180 Å². The van der Waals surface area contributed by atoms with Crippen LogP contribution in [0.15, 0.2) is 68.8 Å². The maximum absolute atomic E-state index is 12.1. The summed E-state index contributed by atoms with van der Waals surface area (Å²) in [4.78, 5) is 36.2. The largest absolute Gasteiger partial charge is 0.481 e. The van der Waals surface area contributed by atoms with Crippen LogP contribution >= 0.6 is 15.9 Å². The van der Waals surface area contributed by atoms with Crippen LogP contribution in [-0.4, -0.2) is 25.0 Å². The Kier molecular flexibility index (Phi) is 6.68. The molecule has 0 saturated heterocycles. The van der Waals surface area contributed by atoms with Crippen LogP contribution in [0.1, 0.15) is 15.9 Å². The van der Waals surface area contributed by atoms with Crippen molar-refractivity contribution < 1.29 is 23.5 Å². The van der Waals surface area contributed by atoms with E-state index in [2.05, 4.69) is 27.8 Å². The molecule has 1 N–H and O–H groups in total. The van der Waals surface area contributed by atoms with Gasteiger partial charge in [-0.2, -0.15) is 0 Å². The molecule has 1 amide bonds. The molecule has 7 nitrogen and oxygen atoms in total. The molecule has 0 bridgehead atoms. The van der Waals surface area contributed by atoms with Crippen molar-refractivity contribution in [1.29, 1.82) is 0 Å². The molecular formula is C22H18BrNO6. The zero-order chi connectivity index (χ0) is 21.7. The van der Waals surface area contributed by atoms with E-state index in [1.165, 1.54) is 24.3 Å². The number of carbonyl (C=O) groups excluding carboxylic acids is 2. The van der Waals surface area contributed by atoms with Crippen molar-refractivity contribution >= 4 is 38.8 Å². The van der Waals surface area contributed by atoms with Gasteiger partial charge in [0.2, 0.25) is 0 Å². The Balaban J connectivity index is 1.70. The molecule has 0 atom stereocenters. The number of nitrogens with one attached hydrogen (secondary N) is 1. The number of carbonyl (C=O) groups is 2. The zero-order valence-corrected chi connectivity index (χ0v) is 17.7. The molecule has 3 aromatic rings. The van der Waals surface area contributed by atoms with Gasteiger partial charge in [0, 0.05) is 18.0 Å². The number of ether oxygens (including phenoxy) is 2. The van der Waals surface area contributed by atoms with Crippen LogP contribution in [0.5, 0.6) is 11.5 Å². The van der Waals surface area contributed by atoms with E-state index in [0.717, 1.165) is 10.0 Å². The lowest BCUT2D eigenvalue weighted by atomic mass is 10.1. The van der Waals surface area contributed by atoms with Gasteiger partial charge in [0.05, 0.1) is 4.47 Å². The molecule has 2 aromatic carbocycles. The van der Waals surface area contributed by atoms with Gasteiger partial charge in [-0.05, 0) is 58.7 Å². The summed E-state index contributed by atoms with van der Waals surface area (Å²) in [6.45, 7) is 5.37. The quantitative estimate of drug-likeness (QED) is 0.244. The third-order valence-corrected chi connectivity index (χ3v) is 4.64.